The Hall–Kier alpha value is -2.84. The Labute approximate surface area is 187 Å². The topological polar surface area (TPSA) is 77.7 Å². The van der Waals surface area contributed by atoms with Crippen LogP contribution in [0.3, 0.4) is 0 Å². The van der Waals surface area contributed by atoms with Crippen LogP contribution in [0.2, 0.25) is 5.02 Å². The standard InChI is InChI=1S/C21H20BrClN4O3/c1-13(17-9-8-16(29-2)10-19(17)30-3)24-25-21(28)20-18(22)12-27(26-20)11-14-4-6-15(23)7-5-14/h4-10,12H,11H2,1-3H3,(H,25,28)/b24-13+. The van der Waals surface area contributed by atoms with E-state index in [4.69, 9.17) is 21.1 Å². The number of halogens is 2. The lowest BCUT2D eigenvalue weighted by molar-refractivity contribution is 0.0948. The summed E-state index contributed by atoms with van der Waals surface area (Å²) in [6, 6.07) is 12.8. The largest absolute Gasteiger partial charge is 0.497 e. The van der Waals surface area contributed by atoms with Gasteiger partial charge in [0.25, 0.3) is 5.91 Å². The summed E-state index contributed by atoms with van der Waals surface area (Å²) in [6.45, 7) is 2.28. The fourth-order valence-electron chi connectivity index (χ4n) is 2.75. The molecule has 9 heteroatoms. The first-order valence-electron chi connectivity index (χ1n) is 8.95. The molecule has 3 aromatic rings. The third kappa shape index (κ3) is 5.20. The van der Waals surface area contributed by atoms with Crippen molar-refractivity contribution >= 4 is 39.1 Å². The van der Waals surface area contributed by atoms with Gasteiger partial charge >= 0.3 is 0 Å². The lowest BCUT2D eigenvalue weighted by Gasteiger charge is -2.10. The van der Waals surface area contributed by atoms with Crippen molar-refractivity contribution in [3.8, 4) is 11.5 Å². The van der Waals surface area contributed by atoms with Crippen molar-refractivity contribution in [2.24, 2.45) is 5.10 Å². The molecule has 0 fully saturated rings. The lowest BCUT2D eigenvalue weighted by Crippen LogP contribution is -2.21. The Kier molecular flexibility index (Phi) is 7.12. The predicted molar refractivity (Wildman–Crippen MR) is 120 cm³/mol. The van der Waals surface area contributed by atoms with Crippen LogP contribution in [0.15, 0.2) is 58.2 Å². The molecule has 1 N–H and O–H groups in total. The van der Waals surface area contributed by atoms with Crippen molar-refractivity contribution in [3.05, 3.63) is 75.0 Å². The molecule has 0 aliphatic rings. The van der Waals surface area contributed by atoms with Crippen molar-refractivity contribution in [1.82, 2.24) is 15.2 Å². The Balaban J connectivity index is 1.73. The number of methoxy groups -OCH3 is 2. The van der Waals surface area contributed by atoms with E-state index in [1.165, 1.54) is 0 Å². The van der Waals surface area contributed by atoms with Crippen molar-refractivity contribution in [2.45, 2.75) is 13.5 Å². The number of benzene rings is 2. The molecule has 0 bridgehead atoms. The Morgan fingerprint density at radius 3 is 2.60 bits per heavy atom. The Morgan fingerprint density at radius 1 is 1.20 bits per heavy atom. The van der Waals surface area contributed by atoms with Gasteiger partial charge in [0.2, 0.25) is 0 Å². The van der Waals surface area contributed by atoms with E-state index in [1.54, 1.807) is 44.2 Å². The zero-order valence-electron chi connectivity index (χ0n) is 16.6. The van der Waals surface area contributed by atoms with E-state index in [1.807, 2.05) is 30.3 Å². The smallest absolute Gasteiger partial charge is 0.293 e. The summed E-state index contributed by atoms with van der Waals surface area (Å²) in [5.41, 5.74) is 5.12. The molecule has 0 saturated heterocycles. The SMILES string of the molecule is COc1ccc(/C(C)=N/NC(=O)c2nn(Cc3ccc(Cl)cc3)cc2Br)c(OC)c1. The van der Waals surface area contributed by atoms with Crippen LogP contribution in [0.1, 0.15) is 28.5 Å². The summed E-state index contributed by atoms with van der Waals surface area (Å²) >= 11 is 9.30. The predicted octanol–water partition coefficient (Wildman–Crippen LogP) is 4.52. The van der Waals surface area contributed by atoms with Gasteiger partial charge in [-0.15, -0.1) is 0 Å². The molecule has 0 aliphatic carbocycles. The number of nitrogens with zero attached hydrogens (tertiary/aromatic N) is 3. The van der Waals surface area contributed by atoms with Gasteiger partial charge in [-0.25, -0.2) is 5.43 Å². The third-order valence-corrected chi connectivity index (χ3v) is 5.15. The molecule has 1 heterocycles. The van der Waals surface area contributed by atoms with Gasteiger partial charge in [-0.1, -0.05) is 23.7 Å². The lowest BCUT2D eigenvalue weighted by atomic mass is 10.1. The molecule has 156 valence electrons. The van der Waals surface area contributed by atoms with Gasteiger partial charge in [-0.3, -0.25) is 9.48 Å². The Morgan fingerprint density at radius 2 is 1.93 bits per heavy atom. The molecular weight excluding hydrogens is 472 g/mol. The summed E-state index contributed by atoms with van der Waals surface area (Å²) < 4.78 is 12.8. The highest BCUT2D eigenvalue weighted by atomic mass is 79.9. The number of hydrogen-bond donors (Lipinski definition) is 1. The molecule has 30 heavy (non-hydrogen) atoms. The number of carbonyl (C=O) groups is 1. The van der Waals surface area contributed by atoms with E-state index in [2.05, 4.69) is 31.6 Å². The van der Waals surface area contributed by atoms with Crippen molar-refractivity contribution in [1.29, 1.82) is 0 Å². The molecule has 0 atom stereocenters. The molecule has 1 aromatic heterocycles. The highest BCUT2D eigenvalue weighted by molar-refractivity contribution is 9.10. The molecule has 0 radical (unpaired) electrons. The second-order valence-corrected chi connectivity index (χ2v) is 7.64. The minimum absolute atomic E-state index is 0.238. The van der Waals surface area contributed by atoms with E-state index < -0.39 is 5.91 Å². The van der Waals surface area contributed by atoms with Crippen LogP contribution >= 0.6 is 27.5 Å². The monoisotopic (exact) mass is 490 g/mol. The first-order valence-corrected chi connectivity index (χ1v) is 10.1. The molecule has 0 unspecified atom stereocenters. The molecule has 0 aliphatic heterocycles. The van der Waals surface area contributed by atoms with E-state index in [0.29, 0.717) is 33.3 Å². The van der Waals surface area contributed by atoms with Gasteiger partial charge in [-0.2, -0.15) is 10.2 Å². The molecule has 2 aromatic carbocycles. The first-order chi connectivity index (χ1) is 14.4. The van der Waals surface area contributed by atoms with Gasteiger partial charge in [0.1, 0.15) is 11.5 Å². The molecule has 1 amide bonds. The normalized spacial score (nSPS) is 11.3. The molecule has 0 spiro atoms. The first kappa shape index (κ1) is 21.9. The Bertz CT molecular complexity index is 1080. The summed E-state index contributed by atoms with van der Waals surface area (Å²) in [6.07, 6.45) is 1.74. The van der Waals surface area contributed by atoms with Crippen LogP contribution in [0.4, 0.5) is 0 Å². The van der Waals surface area contributed by atoms with Gasteiger partial charge in [0.15, 0.2) is 5.69 Å². The van der Waals surface area contributed by atoms with Gasteiger partial charge in [0.05, 0.1) is 30.9 Å². The second kappa shape index (κ2) is 9.77. The summed E-state index contributed by atoms with van der Waals surface area (Å²) in [5, 5.41) is 9.21. The highest BCUT2D eigenvalue weighted by Crippen LogP contribution is 2.25. The molecule has 7 nitrogen and oxygen atoms in total. The number of aromatic nitrogens is 2. The van der Waals surface area contributed by atoms with E-state index in [9.17, 15) is 4.79 Å². The van der Waals surface area contributed by atoms with Crippen LogP contribution in [0, 0.1) is 0 Å². The van der Waals surface area contributed by atoms with Crippen LogP contribution in [0.25, 0.3) is 0 Å². The fourth-order valence-corrected chi connectivity index (χ4v) is 3.38. The summed E-state index contributed by atoms with van der Waals surface area (Å²) in [4.78, 5) is 12.6. The minimum atomic E-state index is -0.427. The van der Waals surface area contributed by atoms with Gasteiger partial charge < -0.3 is 9.47 Å². The van der Waals surface area contributed by atoms with Crippen LogP contribution in [0.5, 0.6) is 11.5 Å². The number of amides is 1. The summed E-state index contributed by atoms with van der Waals surface area (Å²) in [5.74, 6) is 0.837. The van der Waals surface area contributed by atoms with E-state index in [-0.39, 0.29) is 5.69 Å². The number of hydrazone groups is 1. The van der Waals surface area contributed by atoms with Crippen molar-refractivity contribution < 1.29 is 14.3 Å². The van der Waals surface area contributed by atoms with E-state index in [0.717, 1.165) is 11.1 Å². The average Bonchev–Trinajstić information content (AvgIpc) is 3.12. The maximum absolute atomic E-state index is 12.6. The van der Waals surface area contributed by atoms with Crippen LogP contribution in [-0.2, 0) is 6.54 Å². The molecular formula is C21H20BrClN4O3. The minimum Gasteiger partial charge on any atom is -0.497 e. The number of carbonyl (C=O) groups excluding carboxylic acids is 1. The number of hydrogen-bond acceptors (Lipinski definition) is 5. The average molecular weight is 492 g/mol. The second-order valence-electron chi connectivity index (χ2n) is 6.35. The molecule has 3 rings (SSSR count). The summed E-state index contributed by atoms with van der Waals surface area (Å²) in [7, 11) is 3.15. The number of ether oxygens (including phenoxy) is 2. The quantitative estimate of drug-likeness (QED) is 0.389. The number of nitrogens with one attached hydrogen (secondary N) is 1. The van der Waals surface area contributed by atoms with Gasteiger partial charge in [-0.05, 0) is 52.7 Å². The molecule has 0 saturated carbocycles. The zero-order chi connectivity index (χ0) is 21.7. The van der Waals surface area contributed by atoms with E-state index >= 15 is 0 Å². The van der Waals surface area contributed by atoms with Crippen LogP contribution in [-0.4, -0.2) is 35.6 Å². The maximum atomic E-state index is 12.6. The van der Waals surface area contributed by atoms with Gasteiger partial charge in [0, 0.05) is 22.8 Å². The van der Waals surface area contributed by atoms with Crippen molar-refractivity contribution in [3.63, 3.8) is 0 Å². The van der Waals surface area contributed by atoms with Crippen molar-refractivity contribution in [2.75, 3.05) is 14.2 Å². The highest BCUT2D eigenvalue weighted by Gasteiger charge is 2.16. The third-order valence-electron chi connectivity index (χ3n) is 4.31. The van der Waals surface area contributed by atoms with Crippen LogP contribution < -0.4 is 14.9 Å². The fraction of sp³-hybridized carbons (Fsp3) is 0.190. The maximum Gasteiger partial charge on any atom is 0.293 e. The number of rotatable bonds is 7. The zero-order valence-corrected chi connectivity index (χ0v) is 19.0.